The van der Waals surface area contributed by atoms with E-state index >= 15 is 0 Å². The van der Waals surface area contributed by atoms with E-state index in [0.717, 1.165) is 0 Å². The molecule has 0 N–H and O–H groups in total. The van der Waals surface area contributed by atoms with Crippen LogP contribution in [0.2, 0.25) is 0 Å². The lowest BCUT2D eigenvalue weighted by Crippen LogP contribution is -2.20. The van der Waals surface area contributed by atoms with E-state index in [-0.39, 0.29) is 11.5 Å². The Morgan fingerprint density at radius 3 is 1.93 bits per heavy atom. The van der Waals surface area contributed by atoms with Crippen LogP contribution < -0.4 is 0 Å². The predicted molar refractivity (Wildman–Crippen MR) is 60.5 cm³/mol. The highest BCUT2D eigenvalue weighted by atomic mass is 32.2. The zero-order chi connectivity index (χ0) is 11.5. The maximum absolute atomic E-state index is 13.3. The molecule has 0 heterocycles. The van der Waals surface area contributed by atoms with Gasteiger partial charge in [-0.15, -0.1) is 0 Å². The number of allylic oxidation sites excluding steroid dienone is 2. The van der Waals surface area contributed by atoms with Crippen molar-refractivity contribution in [1.29, 1.82) is 0 Å². The van der Waals surface area contributed by atoms with E-state index in [1.807, 2.05) is 0 Å². The average Bonchev–Trinajstić information content (AvgIpc) is 2.00. The van der Waals surface area contributed by atoms with E-state index in [2.05, 4.69) is 4.40 Å². The van der Waals surface area contributed by atoms with Crippen LogP contribution >= 0.6 is 0 Å². The van der Waals surface area contributed by atoms with Crippen molar-refractivity contribution >= 4 is 16.7 Å². The van der Waals surface area contributed by atoms with E-state index in [1.165, 1.54) is 6.92 Å². The fraction of sp³-hybridized carbons (Fsp3) is 0.700. The summed E-state index contributed by atoms with van der Waals surface area (Å²) in [4.78, 5) is 0. The summed E-state index contributed by atoms with van der Waals surface area (Å²) in [6, 6.07) is 0. The topological polar surface area (TPSA) is 29.4 Å². The lowest BCUT2D eigenvalue weighted by molar-refractivity contribution is 0.648. The molecule has 82 valence electrons. The van der Waals surface area contributed by atoms with Crippen molar-refractivity contribution in [2.24, 2.45) is 4.40 Å². The van der Waals surface area contributed by atoms with Crippen molar-refractivity contribution in [1.82, 2.24) is 0 Å². The van der Waals surface area contributed by atoms with Gasteiger partial charge in [0.15, 0.2) is 0 Å². The first kappa shape index (κ1) is 13.5. The van der Waals surface area contributed by atoms with Gasteiger partial charge >= 0.3 is 0 Å². The Balaban J connectivity index is 4.89. The molecule has 0 rings (SSSR count). The molecule has 0 saturated carbocycles. The van der Waals surface area contributed by atoms with Crippen LogP contribution in [0.25, 0.3) is 0 Å². The lowest BCUT2D eigenvalue weighted by atomic mass is 10.2. The maximum Gasteiger partial charge on any atom is 0.145 e. The Kier molecular flexibility index (Phi) is 4.65. The molecule has 0 aliphatic carbocycles. The summed E-state index contributed by atoms with van der Waals surface area (Å²) in [6.07, 6.45) is 0. The smallest absolute Gasteiger partial charge is 0.145 e. The first-order valence-corrected chi connectivity index (χ1v) is 5.57. The van der Waals surface area contributed by atoms with Gasteiger partial charge in [-0.05, 0) is 47.1 Å². The van der Waals surface area contributed by atoms with Crippen molar-refractivity contribution < 1.29 is 8.60 Å². The van der Waals surface area contributed by atoms with Crippen LogP contribution in [0.3, 0.4) is 0 Å². The summed E-state index contributed by atoms with van der Waals surface area (Å²) in [7, 11) is -1.39. The van der Waals surface area contributed by atoms with E-state index in [9.17, 15) is 8.60 Å². The van der Waals surface area contributed by atoms with Crippen molar-refractivity contribution in [2.75, 3.05) is 0 Å². The maximum atomic E-state index is 13.3. The molecule has 0 amide bonds. The Morgan fingerprint density at radius 1 is 1.21 bits per heavy atom. The molecule has 0 aliphatic rings. The van der Waals surface area contributed by atoms with Gasteiger partial charge in [-0.3, -0.25) is 0 Å². The SMILES string of the molecule is CC(C)=C(F)/C(C)=N/[S@](=O)C(C)(C)C. The highest BCUT2D eigenvalue weighted by molar-refractivity contribution is 7.85. The standard InChI is InChI=1S/C10H18FNOS/c1-7(2)9(11)8(3)12-14(13)10(4,5)6/h1-6H3/b12-8+/t14-/m1/s1. The van der Waals surface area contributed by atoms with Gasteiger partial charge in [0.25, 0.3) is 0 Å². The van der Waals surface area contributed by atoms with Gasteiger partial charge < -0.3 is 0 Å². The molecule has 0 aromatic carbocycles. The molecule has 0 saturated heterocycles. The lowest BCUT2D eigenvalue weighted by Gasteiger charge is -2.13. The third-order valence-corrected chi connectivity index (χ3v) is 2.99. The molecule has 0 radical (unpaired) electrons. The third kappa shape index (κ3) is 4.13. The molecule has 0 spiro atoms. The molecule has 2 nitrogen and oxygen atoms in total. The first-order chi connectivity index (χ1) is 6.16. The molecule has 0 bridgehead atoms. The summed E-state index contributed by atoms with van der Waals surface area (Å²) in [5.41, 5.74) is 0.760. The molecule has 0 aromatic rings. The quantitative estimate of drug-likeness (QED) is 0.656. The van der Waals surface area contributed by atoms with Crippen LogP contribution in [0.15, 0.2) is 15.8 Å². The van der Waals surface area contributed by atoms with Crippen molar-refractivity contribution in [3.05, 3.63) is 11.4 Å². The first-order valence-electron chi connectivity index (χ1n) is 4.47. The molecule has 0 fully saturated rings. The van der Waals surface area contributed by atoms with Crippen LogP contribution in [-0.4, -0.2) is 14.7 Å². The molecule has 1 atom stereocenters. The van der Waals surface area contributed by atoms with Crippen LogP contribution in [0, 0.1) is 0 Å². The number of hydrogen-bond donors (Lipinski definition) is 0. The summed E-state index contributed by atoms with van der Waals surface area (Å²) in [5.74, 6) is -0.373. The normalized spacial score (nSPS) is 15.2. The van der Waals surface area contributed by atoms with Gasteiger partial charge in [-0.25, -0.2) is 8.60 Å². The highest BCUT2D eigenvalue weighted by Crippen LogP contribution is 2.15. The molecule has 4 heteroatoms. The molecule has 0 unspecified atom stereocenters. The second-order valence-electron chi connectivity index (χ2n) is 4.35. The Hall–Kier alpha value is -0.510. The number of rotatable bonds is 2. The fourth-order valence-electron chi connectivity index (χ4n) is 0.663. The van der Waals surface area contributed by atoms with Gasteiger partial charge in [0.05, 0.1) is 10.5 Å². The van der Waals surface area contributed by atoms with Gasteiger partial charge in [-0.1, -0.05) is 0 Å². The van der Waals surface area contributed by atoms with E-state index < -0.39 is 15.7 Å². The van der Waals surface area contributed by atoms with Gasteiger partial charge in [0.1, 0.15) is 16.8 Å². The summed E-state index contributed by atoms with van der Waals surface area (Å²) in [6.45, 7) is 10.3. The minimum absolute atomic E-state index is 0.207. The Labute approximate surface area is 87.9 Å². The second-order valence-corrected chi connectivity index (χ2v) is 6.26. The average molecular weight is 219 g/mol. The minimum atomic E-state index is -1.39. The van der Waals surface area contributed by atoms with E-state index in [0.29, 0.717) is 5.57 Å². The number of nitrogens with zero attached hydrogens (tertiary/aromatic N) is 1. The predicted octanol–water partition coefficient (Wildman–Crippen LogP) is 3.17. The van der Waals surface area contributed by atoms with E-state index in [4.69, 9.17) is 0 Å². The third-order valence-electron chi connectivity index (χ3n) is 1.50. The van der Waals surface area contributed by atoms with Crippen LogP contribution in [0.5, 0.6) is 0 Å². The van der Waals surface area contributed by atoms with Crippen molar-refractivity contribution in [3.8, 4) is 0 Å². The van der Waals surface area contributed by atoms with Crippen molar-refractivity contribution in [3.63, 3.8) is 0 Å². The molecule has 0 aromatic heterocycles. The van der Waals surface area contributed by atoms with Crippen molar-refractivity contribution in [2.45, 2.75) is 46.3 Å². The zero-order valence-corrected chi connectivity index (χ0v) is 10.5. The van der Waals surface area contributed by atoms with E-state index in [1.54, 1.807) is 34.6 Å². The highest BCUT2D eigenvalue weighted by Gasteiger charge is 2.19. The largest absolute Gasteiger partial charge is 0.234 e. The van der Waals surface area contributed by atoms with Crippen LogP contribution in [0.4, 0.5) is 4.39 Å². The van der Waals surface area contributed by atoms with Crippen LogP contribution in [-0.2, 0) is 11.0 Å². The molecular weight excluding hydrogens is 201 g/mol. The van der Waals surface area contributed by atoms with Gasteiger partial charge in [0, 0.05) is 0 Å². The number of hydrogen-bond acceptors (Lipinski definition) is 1. The minimum Gasteiger partial charge on any atom is -0.234 e. The fourth-order valence-corrected chi connectivity index (χ4v) is 1.27. The zero-order valence-electron chi connectivity index (χ0n) is 9.64. The van der Waals surface area contributed by atoms with Gasteiger partial charge in [0.2, 0.25) is 0 Å². The Morgan fingerprint density at radius 2 is 1.64 bits per heavy atom. The second kappa shape index (κ2) is 4.82. The summed E-state index contributed by atoms with van der Waals surface area (Å²) in [5, 5.41) is 0. The molecular formula is C10H18FNOS. The van der Waals surface area contributed by atoms with Gasteiger partial charge in [-0.2, -0.15) is 4.40 Å². The molecule has 0 aliphatic heterocycles. The monoisotopic (exact) mass is 219 g/mol. The molecule has 14 heavy (non-hydrogen) atoms. The summed E-state index contributed by atoms with van der Waals surface area (Å²) < 4.78 is 28.2. The van der Waals surface area contributed by atoms with Crippen LogP contribution in [0.1, 0.15) is 41.5 Å². The Bertz CT molecular complexity index is 296. The number of halogens is 1. The summed E-state index contributed by atoms with van der Waals surface area (Å²) >= 11 is 0.